The third-order valence-electron chi connectivity index (χ3n) is 6.37. The molecule has 0 spiro atoms. The maximum Gasteiger partial charge on any atom is 0.414 e. The maximum atomic E-state index is 15.1. The van der Waals surface area contributed by atoms with Gasteiger partial charge in [-0.1, -0.05) is 60.7 Å². The van der Waals surface area contributed by atoms with Crippen molar-refractivity contribution < 1.29 is 26.5 Å². The summed E-state index contributed by atoms with van der Waals surface area (Å²) >= 11 is 0. The fourth-order valence-corrected chi connectivity index (χ4v) is 7.21. The van der Waals surface area contributed by atoms with Crippen LogP contribution in [0.5, 0.6) is 0 Å². The Kier molecular flexibility index (Phi) is 7.75. The second-order valence-electron chi connectivity index (χ2n) is 11.0. The summed E-state index contributed by atoms with van der Waals surface area (Å²) in [7, 11) is -6.44. The highest BCUT2D eigenvalue weighted by Gasteiger charge is 2.29. The summed E-state index contributed by atoms with van der Waals surface area (Å²) in [5.41, 5.74) is 0.399. The van der Waals surface area contributed by atoms with Crippen molar-refractivity contribution in [3.05, 3.63) is 89.7 Å². The van der Waals surface area contributed by atoms with Gasteiger partial charge < -0.3 is 9.72 Å². The Balaban J connectivity index is 1.80. The first kappa shape index (κ1) is 30.1. The minimum Gasteiger partial charge on any atom is -0.443 e. The molecule has 0 bridgehead atoms. The topological polar surface area (TPSA) is 148 Å². The van der Waals surface area contributed by atoms with Gasteiger partial charge in [-0.15, -0.1) is 0 Å². The number of amides is 1. The summed E-state index contributed by atoms with van der Waals surface area (Å²) in [4.78, 5) is 25.7. The summed E-state index contributed by atoms with van der Waals surface area (Å²) in [6, 6.07) is 19.3. The van der Waals surface area contributed by atoms with E-state index in [1.165, 1.54) is 12.4 Å². The van der Waals surface area contributed by atoms with E-state index < -0.39 is 53.0 Å². The molecule has 5 aromatic rings. The number of halogens is 1. The van der Waals surface area contributed by atoms with Crippen LogP contribution >= 0.6 is 0 Å². The largest absolute Gasteiger partial charge is 0.443 e. The normalized spacial score (nSPS) is 13.5. The molecule has 10 nitrogen and oxygen atoms in total. The Bertz CT molecular complexity index is 2080. The van der Waals surface area contributed by atoms with Gasteiger partial charge in [-0.2, -0.15) is 0 Å². The van der Waals surface area contributed by atoms with Crippen LogP contribution in [0, 0.1) is 5.82 Å². The number of hydrogen-bond donors (Lipinski definition) is 2. The lowest BCUT2D eigenvalue weighted by Crippen LogP contribution is -2.34. The third kappa shape index (κ3) is 6.38. The summed E-state index contributed by atoms with van der Waals surface area (Å²) in [6.45, 7) is 5.09. The molecule has 5 rings (SSSR count). The minimum atomic E-state index is -4.24. The fourth-order valence-electron chi connectivity index (χ4n) is 4.50. The van der Waals surface area contributed by atoms with Gasteiger partial charge in [-0.25, -0.2) is 31.8 Å². The van der Waals surface area contributed by atoms with Crippen molar-refractivity contribution in [2.75, 3.05) is 11.9 Å². The molecule has 224 valence electrons. The fraction of sp³-hybridized carbons (Fsp3) is 0.200. The number of benzene rings is 3. The lowest BCUT2D eigenvalue weighted by atomic mass is 10.1. The number of carbonyl (C=O) groups is 1. The quantitative estimate of drug-likeness (QED) is 0.154. The number of aromatic amines is 1. The molecule has 2 aromatic heterocycles. The number of nitrogens with one attached hydrogen (secondary N) is 1. The Labute approximate surface area is 248 Å². The highest BCUT2D eigenvalue weighted by Crippen LogP contribution is 2.37. The Morgan fingerprint density at radius 2 is 1.65 bits per heavy atom. The predicted octanol–water partition coefficient (Wildman–Crippen LogP) is 4.96. The predicted molar refractivity (Wildman–Crippen MR) is 166 cm³/mol. The zero-order valence-corrected chi connectivity index (χ0v) is 25.5. The Hall–Kier alpha value is -4.33. The van der Waals surface area contributed by atoms with Gasteiger partial charge in [0, 0.05) is 17.8 Å². The van der Waals surface area contributed by atoms with Gasteiger partial charge in [0.1, 0.15) is 17.1 Å². The van der Waals surface area contributed by atoms with E-state index in [0.29, 0.717) is 11.1 Å². The van der Waals surface area contributed by atoms with Gasteiger partial charge in [-0.05, 0) is 44.0 Å². The Morgan fingerprint density at radius 3 is 2.28 bits per heavy atom. The van der Waals surface area contributed by atoms with Crippen LogP contribution in [0.25, 0.3) is 21.9 Å². The van der Waals surface area contributed by atoms with Crippen LogP contribution in [0.1, 0.15) is 31.9 Å². The number of anilines is 1. The SMILES string of the molecule is CN(C(=O)OC(C)(C)C)c1cc(F)cc2c1[nH]c1nc(S(N)(=O)=Cc3ccccc3)nc(S(=O)(=O)Cc3ccccc3)c12. The molecule has 0 saturated heterocycles. The molecule has 3 aromatic carbocycles. The van der Waals surface area contributed by atoms with Crippen LogP contribution in [-0.4, -0.2) is 51.7 Å². The zero-order chi connectivity index (χ0) is 31.2. The molecular formula is C30H30FN5O5S2. The van der Waals surface area contributed by atoms with Crippen molar-refractivity contribution in [1.29, 1.82) is 0 Å². The number of ether oxygens (including phenoxy) is 1. The molecular weight excluding hydrogens is 593 g/mol. The average Bonchev–Trinajstić information content (AvgIpc) is 3.29. The van der Waals surface area contributed by atoms with Gasteiger partial charge in [0.05, 0.1) is 32.1 Å². The molecule has 2 heterocycles. The van der Waals surface area contributed by atoms with Crippen molar-refractivity contribution in [2.45, 2.75) is 42.3 Å². The molecule has 0 saturated carbocycles. The van der Waals surface area contributed by atoms with Crippen molar-refractivity contribution in [1.82, 2.24) is 15.0 Å². The Morgan fingerprint density at radius 1 is 1.02 bits per heavy atom. The molecule has 1 unspecified atom stereocenters. The number of aromatic nitrogens is 3. The van der Waals surface area contributed by atoms with Crippen LogP contribution in [0.2, 0.25) is 0 Å². The van der Waals surface area contributed by atoms with Gasteiger partial charge >= 0.3 is 6.09 Å². The number of hydrogen-bond acceptors (Lipinski definition) is 7. The van der Waals surface area contributed by atoms with Crippen molar-refractivity contribution in [3.63, 3.8) is 0 Å². The summed E-state index contributed by atoms with van der Waals surface area (Å²) < 4.78 is 62.2. The zero-order valence-electron chi connectivity index (χ0n) is 23.9. The number of fused-ring (bicyclic) bond motifs is 3. The molecule has 0 aliphatic heterocycles. The van der Waals surface area contributed by atoms with Crippen LogP contribution in [0.4, 0.5) is 14.9 Å². The van der Waals surface area contributed by atoms with E-state index in [-0.39, 0.29) is 27.6 Å². The third-order valence-corrected chi connectivity index (χ3v) is 9.34. The smallest absolute Gasteiger partial charge is 0.414 e. The van der Waals surface area contributed by atoms with Crippen LogP contribution in [-0.2, 0) is 30.0 Å². The monoisotopic (exact) mass is 623 g/mol. The number of rotatable bonds is 6. The average molecular weight is 624 g/mol. The van der Waals surface area contributed by atoms with E-state index in [1.807, 2.05) is 0 Å². The number of sulfone groups is 1. The lowest BCUT2D eigenvalue weighted by Gasteiger charge is -2.25. The number of H-pyrrole nitrogens is 1. The maximum absolute atomic E-state index is 15.1. The molecule has 13 heteroatoms. The first-order chi connectivity index (χ1) is 20.1. The van der Waals surface area contributed by atoms with Crippen LogP contribution in [0.15, 0.2) is 83.0 Å². The molecule has 0 aliphatic carbocycles. The van der Waals surface area contributed by atoms with Gasteiger partial charge in [0.15, 0.2) is 5.03 Å². The van der Waals surface area contributed by atoms with E-state index in [2.05, 4.69) is 15.0 Å². The molecule has 1 amide bonds. The standard InChI is InChI=1S/C30H30FN5O5S2/c1-30(2,3)41-29(37)36(4)23-16-21(31)15-22-24-26(33-25(22)23)34-28(42(32,38)17-19-11-7-5-8-12-19)35-27(24)43(39,40)18-20-13-9-6-10-14-20/h5-17H,18H2,1-4H3,(H2,32,38)(H,33,34,35). The first-order valence-corrected chi connectivity index (χ1v) is 16.5. The van der Waals surface area contributed by atoms with Crippen LogP contribution < -0.4 is 10.0 Å². The first-order valence-electron chi connectivity index (χ1n) is 13.1. The van der Waals surface area contributed by atoms with E-state index in [9.17, 15) is 17.4 Å². The number of nitrogens with two attached hydrogens (primary N) is 1. The van der Waals surface area contributed by atoms with Crippen LogP contribution in [0.3, 0.4) is 0 Å². The summed E-state index contributed by atoms with van der Waals surface area (Å²) in [6.07, 6.45) is -0.760. The molecule has 0 radical (unpaired) electrons. The number of nitrogens with zero attached hydrogens (tertiary/aromatic N) is 3. The van der Waals surface area contributed by atoms with E-state index in [4.69, 9.17) is 9.88 Å². The highest BCUT2D eigenvalue weighted by molar-refractivity contribution is 7.99. The molecule has 0 fully saturated rings. The molecule has 3 N–H and O–H groups in total. The summed E-state index contributed by atoms with van der Waals surface area (Å²) in [5.74, 6) is -1.19. The van der Waals surface area contributed by atoms with Crippen molar-refractivity contribution >= 4 is 58.6 Å². The minimum absolute atomic E-state index is 0.0251. The van der Waals surface area contributed by atoms with E-state index >= 15 is 4.39 Å². The molecule has 1 atom stereocenters. The number of carbonyl (C=O) groups excluding carboxylic acids is 1. The summed E-state index contributed by atoms with van der Waals surface area (Å²) in [5, 5.41) is 6.68. The van der Waals surface area contributed by atoms with Gasteiger partial charge in [-0.3, -0.25) is 10.0 Å². The lowest BCUT2D eigenvalue weighted by molar-refractivity contribution is 0.0589. The molecule has 0 aliphatic rings. The van der Waals surface area contributed by atoms with Crippen molar-refractivity contribution in [3.8, 4) is 0 Å². The van der Waals surface area contributed by atoms with E-state index in [1.54, 1.807) is 81.4 Å². The highest BCUT2D eigenvalue weighted by atomic mass is 32.2. The second-order valence-corrected chi connectivity index (χ2v) is 14.8. The van der Waals surface area contributed by atoms with Crippen molar-refractivity contribution in [2.24, 2.45) is 5.14 Å². The molecule has 43 heavy (non-hydrogen) atoms. The van der Waals surface area contributed by atoms with Gasteiger partial charge in [0.2, 0.25) is 15.0 Å². The van der Waals surface area contributed by atoms with Gasteiger partial charge in [0.25, 0.3) is 0 Å². The van der Waals surface area contributed by atoms with E-state index in [0.717, 1.165) is 17.0 Å². The second kappa shape index (κ2) is 11.1.